The Hall–Kier alpha value is -2.28. The van der Waals surface area contributed by atoms with Gasteiger partial charge in [0.05, 0.1) is 19.4 Å². The molecule has 0 spiro atoms. The van der Waals surface area contributed by atoms with E-state index in [0.717, 1.165) is 29.6 Å². The van der Waals surface area contributed by atoms with Crippen molar-refractivity contribution >= 4 is 11.8 Å². The van der Waals surface area contributed by atoms with Crippen molar-refractivity contribution in [2.24, 2.45) is 0 Å². The Morgan fingerprint density at radius 1 is 1.20 bits per heavy atom. The largest absolute Gasteiger partial charge is 0.490 e. The summed E-state index contributed by atoms with van der Waals surface area (Å²) in [7, 11) is 0. The number of thioether (sulfide) groups is 1. The molecule has 0 atom stereocenters. The predicted molar refractivity (Wildman–Crippen MR) is 92.4 cm³/mol. The second kappa shape index (κ2) is 7.31. The van der Waals surface area contributed by atoms with Gasteiger partial charge in [0, 0.05) is 11.7 Å². The van der Waals surface area contributed by atoms with Gasteiger partial charge >= 0.3 is 0 Å². The highest BCUT2D eigenvalue weighted by atomic mass is 32.2. The van der Waals surface area contributed by atoms with E-state index in [1.807, 2.05) is 12.1 Å². The van der Waals surface area contributed by atoms with Gasteiger partial charge in [-0.05, 0) is 37.1 Å². The molecule has 7 heteroatoms. The number of rotatable bonds is 8. The van der Waals surface area contributed by atoms with Crippen LogP contribution >= 0.6 is 11.8 Å². The van der Waals surface area contributed by atoms with E-state index in [0.29, 0.717) is 24.8 Å². The number of furan rings is 1. The molecule has 1 aliphatic carbocycles. The van der Waals surface area contributed by atoms with E-state index in [4.69, 9.17) is 9.15 Å². The first-order chi connectivity index (χ1) is 12.3. The van der Waals surface area contributed by atoms with Crippen LogP contribution < -0.4 is 4.74 Å². The molecular formula is C18H18FN3O2S. The number of hydrogen-bond donors (Lipinski definition) is 0. The number of nitrogens with zero attached hydrogens (tertiary/aromatic N) is 3. The standard InChI is InChI=1S/C18H18FN3O2S/c19-15-5-1-2-6-16(15)24-10-11-25-18-21-20-17(13-7-8-13)22(18)12-14-4-3-9-23-14/h1-6,9,13H,7-8,10-12H2. The zero-order valence-electron chi connectivity index (χ0n) is 13.6. The van der Waals surface area contributed by atoms with Crippen LogP contribution in [0.3, 0.4) is 0 Å². The van der Waals surface area contributed by atoms with Crippen molar-refractivity contribution in [3.8, 4) is 5.75 Å². The summed E-state index contributed by atoms with van der Waals surface area (Å²) in [6.07, 6.45) is 4.00. The van der Waals surface area contributed by atoms with Gasteiger partial charge in [0.1, 0.15) is 11.6 Å². The van der Waals surface area contributed by atoms with Gasteiger partial charge in [0.15, 0.2) is 16.7 Å². The molecule has 2 heterocycles. The fourth-order valence-corrected chi connectivity index (χ4v) is 3.37. The maximum absolute atomic E-state index is 13.5. The van der Waals surface area contributed by atoms with Crippen LogP contribution in [0.1, 0.15) is 30.3 Å². The minimum absolute atomic E-state index is 0.277. The molecule has 1 saturated carbocycles. The minimum Gasteiger partial charge on any atom is -0.490 e. The molecular weight excluding hydrogens is 341 g/mol. The number of hydrogen-bond acceptors (Lipinski definition) is 5. The molecule has 0 bridgehead atoms. The lowest BCUT2D eigenvalue weighted by molar-refractivity contribution is 0.324. The average molecular weight is 359 g/mol. The maximum atomic E-state index is 13.5. The van der Waals surface area contributed by atoms with Crippen LogP contribution in [0.5, 0.6) is 5.75 Å². The molecule has 0 unspecified atom stereocenters. The summed E-state index contributed by atoms with van der Waals surface area (Å²) < 4.78 is 26.6. The van der Waals surface area contributed by atoms with E-state index in [-0.39, 0.29) is 11.6 Å². The van der Waals surface area contributed by atoms with Gasteiger partial charge in [-0.25, -0.2) is 4.39 Å². The van der Waals surface area contributed by atoms with Gasteiger partial charge < -0.3 is 9.15 Å². The Bertz CT molecular complexity index is 831. The molecule has 0 saturated heterocycles. The smallest absolute Gasteiger partial charge is 0.191 e. The van der Waals surface area contributed by atoms with Crippen LogP contribution in [0.2, 0.25) is 0 Å². The fraction of sp³-hybridized carbons (Fsp3) is 0.333. The third-order valence-electron chi connectivity index (χ3n) is 3.99. The maximum Gasteiger partial charge on any atom is 0.191 e. The van der Waals surface area contributed by atoms with E-state index in [2.05, 4.69) is 14.8 Å². The molecule has 2 aromatic heterocycles. The summed E-state index contributed by atoms with van der Waals surface area (Å²) in [4.78, 5) is 0. The van der Waals surface area contributed by atoms with Gasteiger partial charge in [0.2, 0.25) is 0 Å². The van der Waals surface area contributed by atoms with E-state index >= 15 is 0 Å². The van der Waals surface area contributed by atoms with Crippen molar-refractivity contribution in [2.45, 2.75) is 30.5 Å². The molecule has 25 heavy (non-hydrogen) atoms. The second-order valence-electron chi connectivity index (χ2n) is 5.91. The average Bonchev–Trinajstić information content (AvgIpc) is 3.19. The van der Waals surface area contributed by atoms with Crippen molar-refractivity contribution in [1.29, 1.82) is 0 Å². The number of aromatic nitrogens is 3. The molecule has 1 aromatic carbocycles. The Kier molecular flexibility index (Phi) is 4.74. The zero-order chi connectivity index (χ0) is 17.1. The Balaban J connectivity index is 1.39. The summed E-state index contributed by atoms with van der Waals surface area (Å²) in [6.45, 7) is 1.03. The number of ether oxygens (including phenoxy) is 1. The summed E-state index contributed by atoms with van der Waals surface area (Å²) >= 11 is 1.56. The van der Waals surface area contributed by atoms with Gasteiger partial charge in [-0.1, -0.05) is 23.9 Å². The van der Waals surface area contributed by atoms with Crippen LogP contribution in [-0.2, 0) is 6.54 Å². The lowest BCUT2D eigenvalue weighted by Crippen LogP contribution is -2.07. The van der Waals surface area contributed by atoms with Gasteiger partial charge in [-0.15, -0.1) is 10.2 Å². The van der Waals surface area contributed by atoms with Crippen LogP contribution in [0.15, 0.2) is 52.2 Å². The van der Waals surface area contributed by atoms with Crippen molar-refractivity contribution < 1.29 is 13.5 Å². The first-order valence-electron chi connectivity index (χ1n) is 8.27. The topological polar surface area (TPSA) is 53.1 Å². The van der Waals surface area contributed by atoms with Crippen LogP contribution in [0.4, 0.5) is 4.39 Å². The van der Waals surface area contributed by atoms with Gasteiger partial charge in [0.25, 0.3) is 0 Å². The SMILES string of the molecule is Fc1ccccc1OCCSc1nnc(C2CC2)n1Cc1ccco1. The highest BCUT2D eigenvalue weighted by molar-refractivity contribution is 7.99. The minimum atomic E-state index is -0.343. The van der Waals surface area contributed by atoms with Crippen LogP contribution in [0.25, 0.3) is 0 Å². The molecule has 0 aliphatic heterocycles. The third kappa shape index (κ3) is 3.87. The summed E-state index contributed by atoms with van der Waals surface area (Å²) in [5, 5.41) is 9.53. The highest BCUT2D eigenvalue weighted by Crippen LogP contribution is 2.40. The quantitative estimate of drug-likeness (QED) is 0.448. The van der Waals surface area contributed by atoms with Crippen molar-refractivity contribution in [1.82, 2.24) is 14.8 Å². The molecule has 1 aliphatic rings. The number of para-hydroxylation sites is 1. The van der Waals surface area contributed by atoms with Gasteiger partial charge in [-0.2, -0.15) is 0 Å². The van der Waals surface area contributed by atoms with Crippen molar-refractivity contribution in [2.75, 3.05) is 12.4 Å². The fourth-order valence-electron chi connectivity index (χ4n) is 2.60. The molecule has 0 radical (unpaired) electrons. The van der Waals surface area contributed by atoms with E-state index in [1.165, 1.54) is 6.07 Å². The number of halogens is 1. The van der Waals surface area contributed by atoms with Crippen molar-refractivity contribution in [3.05, 3.63) is 60.1 Å². The summed E-state index contributed by atoms with van der Waals surface area (Å²) in [6, 6.07) is 10.3. The molecule has 0 amide bonds. The molecule has 4 rings (SSSR count). The molecule has 3 aromatic rings. The third-order valence-corrected chi connectivity index (χ3v) is 4.92. The molecule has 1 fully saturated rings. The highest BCUT2D eigenvalue weighted by Gasteiger charge is 2.30. The van der Waals surface area contributed by atoms with Crippen molar-refractivity contribution in [3.63, 3.8) is 0 Å². The summed E-state index contributed by atoms with van der Waals surface area (Å²) in [5.41, 5.74) is 0. The van der Waals surface area contributed by atoms with Crippen LogP contribution in [-0.4, -0.2) is 27.1 Å². The molecule has 0 N–H and O–H groups in total. The zero-order valence-corrected chi connectivity index (χ0v) is 14.4. The second-order valence-corrected chi connectivity index (χ2v) is 6.97. The molecule has 130 valence electrons. The van der Waals surface area contributed by atoms with E-state index in [1.54, 1.807) is 36.2 Å². The summed E-state index contributed by atoms with van der Waals surface area (Å²) in [5.74, 6) is 3.00. The first-order valence-corrected chi connectivity index (χ1v) is 9.25. The monoisotopic (exact) mass is 359 g/mol. The Morgan fingerprint density at radius 2 is 2.08 bits per heavy atom. The molecule has 5 nitrogen and oxygen atoms in total. The Morgan fingerprint density at radius 3 is 2.84 bits per heavy atom. The Labute approximate surface area is 149 Å². The van der Waals surface area contributed by atoms with E-state index in [9.17, 15) is 4.39 Å². The first kappa shape index (κ1) is 16.2. The normalized spacial score (nSPS) is 14.0. The van der Waals surface area contributed by atoms with E-state index < -0.39 is 0 Å². The van der Waals surface area contributed by atoms with Gasteiger partial charge in [-0.3, -0.25) is 4.57 Å². The lowest BCUT2D eigenvalue weighted by atomic mass is 10.3. The number of benzene rings is 1. The lowest BCUT2D eigenvalue weighted by Gasteiger charge is -2.09. The predicted octanol–water partition coefficient (Wildman–Crippen LogP) is 4.11. The van der Waals surface area contributed by atoms with Crippen LogP contribution in [0, 0.1) is 5.82 Å².